The molecule has 0 spiro atoms. The highest BCUT2D eigenvalue weighted by molar-refractivity contribution is 7.09. The topological polar surface area (TPSA) is 71.5 Å². The molecule has 0 radical (unpaired) electrons. The number of aromatic nitrogens is 1. The van der Waals surface area contributed by atoms with Gasteiger partial charge in [-0.25, -0.2) is 14.6 Å². The molecule has 1 N–H and O–H groups in total. The third-order valence-electron chi connectivity index (χ3n) is 3.69. The lowest BCUT2D eigenvalue weighted by Crippen LogP contribution is -2.36. The van der Waals surface area contributed by atoms with Crippen LogP contribution in [-0.4, -0.2) is 34.5 Å². The zero-order valence-corrected chi connectivity index (χ0v) is 15.3. The van der Waals surface area contributed by atoms with Gasteiger partial charge in [0, 0.05) is 22.1 Å². The fourth-order valence-electron chi connectivity index (χ4n) is 2.31. The Labute approximate surface area is 154 Å². The van der Waals surface area contributed by atoms with Gasteiger partial charge in [0.2, 0.25) is 0 Å². The highest BCUT2D eigenvalue weighted by Gasteiger charge is 2.33. The number of hydrogen-bond acceptors (Lipinski definition) is 5. The zero-order chi connectivity index (χ0) is 17.8. The molecular formula is C17H18ClN3O3S. The SMILES string of the molecule is CCOC(=O)c1csc(CN(C(=O)Nc2ccc(Cl)cc2)C2CC2)n1. The van der Waals surface area contributed by atoms with Gasteiger partial charge in [-0.2, -0.15) is 0 Å². The Morgan fingerprint density at radius 1 is 1.36 bits per heavy atom. The molecule has 0 aliphatic heterocycles. The molecule has 0 unspecified atom stereocenters. The lowest BCUT2D eigenvalue weighted by Gasteiger charge is -2.21. The van der Waals surface area contributed by atoms with E-state index in [-0.39, 0.29) is 17.8 Å². The first kappa shape index (κ1) is 17.7. The molecule has 0 saturated heterocycles. The van der Waals surface area contributed by atoms with Crippen molar-refractivity contribution in [2.24, 2.45) is 0 Å². The lowest BCUT2D eigenvalue weighted by atomic mass is 10.3. The maximum absolute atomic E-state index is 12.6. The summed E-state index contributed by atoms with van der Waals surface area (Å²) in [5.74, 6) is -0.436. The number of esters is 1. The molecule has 2 aromatic rings. The highest BCUT2D eigenvalue weighted by Crippen LogP contribution is 2.30. The molecular weight excluding hydrogens is 362 g/mol. The number of ether oxygens (including phenoxy) is 1. The predicted octanol–water partition coefficient (Wildman–Crippen LogP) is 4.17. The second-order valence-corrected chi connectivity index (χ2v) is 7.02. The third kappa shape index (κ3) is 4.70. The summed E-state index contributed by atoms with van der Waals surface area (Å²) in [5, 5.41) is 5.86. The fraction of sp³-hybridized carbons (Fsp3) is 0.353. The van der Waals surface area contributed by atoms with Crippen LogP contribution in [0.5, 0.6) is 0 Å². The summed E-state index contributed by atoms with van der Waals surface area (Å²) in [5.41, 5.74) is 0.974. The first-order valence-corrected chi connectivity index (χ1v) is 9.27. The summed E-state index contributed by atoms with van der Waals surface area (Å²) in [4.78, 5) is 30.3. The highest BCUT2D eigenvalue weighted by atomic mass is 35.5. The summed E-state index contributed by atoms with van der Waals surface area (Å²) >= 11 is 7.21. The van der Waals surface area contributed by atoms with Crippen LogP contribution >= 0.6 is 22.9 Å². The molecule has 1 aromatic heterocycles. The van der Waals surface area contributed by atoms with E-state index >= 15 is 0 Å². The standard InChI is InChI=1S/C17H18ClN3O3S/c1-2-24-16(22)14-10-25-15(20-14)9-21(13-7-8-13)17(23)19-12-5-3-11(18)4-6-12/h3-6,10,13H,2,7-9H2,1H3,(H,19,23). The fourth-order valence-corrected chi connectivity index (χ4v) is 3.20. The molecule has 1 aliphatic carbocycles. The van der Waals surface area contributed by atoms with Gasteiger partial charge in [0.15, 0.2) is 5.69 Å². The Kier molecular flexibility index (Phi) is 5.55. The van der Waals surface area contributed by atoms with Crippen LogP contribution in [0.3, 0.4) is 0 Å². The van der Waals surface area contributed by atoms with Gasteiger partial charge in [0.25, 0.3) is 0 Å². The zero-order valence-electron chi connectivity index (χ0n) is 13.7. The number of nitrogens with zero attached hydrogens (tertiary/aromatic N) is 2. The summed E-state index contributed by atoms with van der Waals surface area (Å²) in [6.07, 6.45) is 1.95. The van der Waals surface area contributed by atoms with Gasteiger partial charge < -0.3 is 15.0 Å². The minimum atomic E-state index is -0.436. The van der Waals surface area contributed by atoms with Gasteiger partial charge in [0.1, 0.15) is 5.01 Å². The van der Waals surface area contributed by atoms with Gasteiger partial charge in [-0.1, -0.05) is 11.6 Å². The van der Waals surface area contributed by atoms with Crippen molar-refractivity contribution < 1.29 is 14.3 Å². The quantitative estimate of drug-likeness (QED) is 0.764. The van der Waals surface area contributed by atoms with E-state index in [1.807, 2.05) is 0 Å². The Balaban J connectivity index is 1.66. The summed E-state index contributed by atoms with van der Waals surface area (Å²) in [7, 11) is 0. The van der Waals surface area contributed by atoms with E-state index in [9.17, 15) is 9.59 Å². The first-order valence-electron chi connectivity index (χ1n) is 8.01. The van der Waals surface area contributed by atoms with Crippen molar-refractivity contribution in [1.82, 2.24) is 9.88 Å². The van der Waals surface area contributed by atoms with Crippen molar-refractivity contribution in [2.75, 3.05) is 11.9 Å². The lowest BCUT2D eigenvalue weighted by molar-refractivity contribution is 0.0520. The van der Waals surface area contributed by atoms with Crippen molar-refractivity contribution in [2.45, 2.75) is 32.4 Å². The van der Waals surface area contributed by atoms with E-state index in [0.29, 0.717) is 28.9 Å². The number of hydrogen-bond donors (Lipinski definition) is 1. The van der Waals surface area contributed by atoms with Crippen LogP contribution in [0.25, 0.3) is 0 Å². The van der Waals surface area contributed by atoms with E-state index in [1.54, 1.807) is 41.5 Å². The van der Waals surface area contributed by atoms with E-state index in [4.69, 9.17) is 16.3 Å². The Morgan fingerprint density at radius 3 is 2.72 bits per heavy atom. The van der Waals surface area contributed by atoms with E-state index in [1.165, 1.54) is 11.3 Å². The molecule has 132 valence electrons. The summed E-state index contributed by atoms with van der Waals surface area (Å²) < 4.78 is 4.94. The number of rotatable bonds is 6. The van der Waals surface area contributed by atoms with E-state index in [0.717, 1.165) is 12.8 Å². The van der Waals surface area contributed by atoms with Gasteiger partial charge >= 0.3 is 12.0 Å². The summed E-state index contributed by atoms with van der Waals surface area (Å²) in [6, 6.07) is 7.00. The van der Waals surface area contributed by atoms with Crippen molar-refractivity contribution >= 4 is 40.6 Å². The van der Waals surface area contributed by atoms with E-state index in [2.05, 4.69) is 10.3 Å². The van der Waals surface area contributed by atoms with Gasteiger partial charge in [-0.05, 0) is 44.0 Å². The number of amides is 2. The number of urea groups is 1. The molecule has 25 heavy (non-hydrogen) atoms. The Bertz CT molecular complexity index is 759. The average Bonchev–Trinajstić information content (AvgIpc) is 3.32. The average molecular weight is 380 g/mol. The van der Waals surface area contributed by atoms with Crippen molar-refractivity contribution in [3.05, 3.63) is 45.4 Å². The molecule has 0 atom stereocenters. The molecule has 8 heteroatoms. The molecule has 1 saturated carbocycles. The smallest absolute Gasteiger partial charge is 0.357 e. The van der Waals surface area contributed by atoms with Crippen LogP contribution in [-0.2, 0) is 11.3 Å². The van der Waals surface area contributed by atoms with Crippen molar-refractivity contribution in [3.8, 4) is 0 Å². The molecule has 3 rings (SSSR count). The molecule has 1 fully saturated rings. The maximum atomic E-state index is 12.6. The number of benzene rings is 1. The van der Waals surface area contributed by atoms with Gasteiger partial charge in [-0.15, -0.1) is 11.3 Å². The molecule has 2 amide bonds. The second kappa shape index (κ2) is 7.84. The monoisotopic (exact) mass is 379 g/mol. The van der Waals surface area contributed by atoms with Crippen LogP contribution < -0.4 is 5.32 Å². The van der Waals surface area contributed by atoms with Crippen molar-refractivity contribution in [3.63, 3.8) is 0 Å². The third-order valence-corrected chi connectivity index (χ3v) is 4.77. The Hall–Kier alpha value is -2.12. The van der Waals surface area contributed by atoms with Crippen LogP contribution in [0.4, 0.5) is 10.5 Å². The number of thiazole rings is 1. The van der Waals surface area contributed by atoms with E-state index < -0.39 is 5.97 Å². The Morgan fingerprint density at radius 2 is 2.08 bits per heavy atom. The minimum Gasteiger partial charge on any atom is -0.461 e. The number of halogens is 1. The number of anilines is 1. The van der Waals surface area contributed by atoms with Crippen LogP contribution in [0.1, 0.15) is 35.3 Å². The normalized spacial score (nSPS) is 13.4. The van der Waals surface area contributed by atoms with Crippen LogP contribution in [0.15, 0.2) is 29.6 Å². The molecule has 1 aromatic carbocycles. The number of nitrogens with one attached hydrogen (secondary N) is 1. The van der Waals surface area contributed by atoms with Crippen LogP contribution in [0, 0.1) is 0 Å². The summed E-state index contributed by atoms with van der Waals surface area (Å²) in [6.45, 7) is 2.43. The first-order chi connectivity index (χ1) is 12.1. The minimum absolute atomic E-state index is 0.183. The van der Waals surface area contributed by atoms with Gasteiger partial charge in [0.05, 0.1) is 13.2 Å². The molecule has 0 bridgehead atoms. The van der Waals surface area contributed by atoms with Crippen molar-refractivity contribution in [1.29, 1.82) is 0 Å². The molecule has 1 aliphatic rings. The number of carbonyl (C=O) groups is 2. The van der Waals surface area contributed by atoms with Gasteiger partial charge in [-0.3, -0.25) is 0 Å². The molecule has 1 heterocycles. The molecule has 6 nitrogen and oxygen atoms in total. The number of carbonyl (C=O) groups excluding carboxylic acids is 2. The largest absolute Gasteiger partial charge is 0.461 e. The van der Waals surface area contributed by atoms with Crippen LogP contribution in [0.2, 0.25) is 5.02 Å². The maximum Gasteiger partial charge on any atom is 0.357 e. The predicted molar refractivity (Wildman–Crippen MR) is 97.1 cm³/mol. The second-order valence-electron chi connectivity index (χ2n) is 5.64.